The van der Waals surface area contributed by atoms with Crippen LogP contribution >= 0.6 is 0 Å². The topological polar surface area (TPSA) is 102 Å². The molecule has 0 spiro atoms. The number of methoxy groups -OCH3 is 4. The van der Waals surface area contributed by atoms with Gasteiger partial charge in [0.25, 0.3) is 0 Å². The Labute approximate surface area is 243 Å². The first-order valence-electron chi connectivity index (χ1n) is 14.5. The molecule has 2 aromatic carbocycles. The van der Waals surface area contributed by atoms with Crippen molar-refractivity contribution >= 4 is 5.97 Å². The van der Waals surface area contributed by atoms with Gasteiger partial charge in [0.1, 0.15) is 5.60 Å². The van der Waals surface area contributed by atoms with Gasteiger partial charge in [-0.25, -0.2) is 0 Å². The summed E-state index contributed by atoms with van der Waals surface area (Å²) in [4.78, 5) is 13.3. The van der Waals surface area contributed by atoms with Crippen molar-refractivity contribution in [2.45, 2.75) is 83.8 Å². The third-order valence-corrected chi connectivity index (χ3v) is 8.34. The van der Waals surface area contributed by atoms with Crippen molar-refractivity contribution < 1.29 is 43.1 Å². The highest BCUT2D eigenvalue weighted by Crippen LogP contribution is 2.59. The lowest BCUT2D eigenvalue weighted by molar-refractivity contribution is -0.171. The van der Waals surface area contributed by atoms with Crippen LogP contribution in [-0.4, -0.2) is 51.9 Å². The van der Waals surface area contributed by atoms with Crippen molar-refractivity contribution in [1.82, 2.24) is 0 Å². The third kappa shape index (κ3) is 5.87. The van der Waals surface area contributed by atoms with Crippen molar-refractivity contribution in [2.75, 3.05) is 35.2 Å². The molecule has 0 unspecified atom stereocenters. The molecule has 0 amide bonds. The Morgan fingerprint density at radius 1 is 0.927 bits per heavy atom. The van der Waals surface area contributed by atoms with Crippen LogP contribution in [0.15, 0.2) is 12.1 Å². The second-order valence-corrected chi connectivity index (χ2v) is 11.0. The van der Waals surface area contributed by atoms with Gasteiger partial charge in [-0.05, 0) is 43.4 Å². The summed E-state index contributed by atoms with van der Waals surface area (Å²) in [5.74, 6) is 1.92. The summed E-state index contributed by atoms with van der Waals surface area (Å²) in [5.41, 5.74) is 1.20. The average Bonchev–Trinajstić information content (AvgIpc) is 3.43. The maximum Gasteiger partial charge on any atom is 0.306 e. The minimum absolute atomic E-state index is 0.0659. The van der Waals surface area contributed by atoms with Gasteiger partial charge in [0.05, 0.1) is 28.4 Å². The molecule has 1 aliphatic carbocycles. The van der Waals surface area contributed by atoms with E-state index in [2.05, 4.69) is 6.92 Å². The second-order valence-electron chi connectivity index (χ2n) is 11.0. The zero-order valence-corrected chi connectivity index (χ0v) is 25.4. The Balaban J connectivity index is 1.90. The van der Waals surface area contributed by atoms with Gasteiger partial charge in [-0.1, -0.05) is 46.0 Å². The van der Waals surface area contributed by atoms with Crippen molar-refractivity contribution in [3.8, 4) is 45.6 Å². The quantitative estimate of drug-likeness (QED) is 0.229. The molecule has 0 bridgehead atoms. The number of unbranched alkanes of at least 4 members (excludes halogenated alkanes) is 5. The molecule has 0 fully saturated rings. The van der Waals surface area contributed by atoms with Crippen LogP contribution in [0, 0.1) is 5.92 Å². The Hall–Kier alpha value is -3.33. The van der Waals surface area contributed by atoms with E-state index in [1.807, 2.05) is 13.0 Å². The van der Waals surface area contributed by atoms with E-state index >= 15 is 0 Å². The fraction of sp³-hybridized carbons (Fsp3) is 0.594. The molecule has 3 atom stereocenters. The molecule has 9 heteroatoms. The maximum atomic E-state index is 13.3. The van der Waals surface area contributed by atoms with Gasteiger partial charge in [-0.15, -0.1) is 0 Å². The predicted octanol–water partition coefficient (Wildman–Crippen LogP) is 6.39. The first kappa shape index (κ1) is 30.6. The highest BCUT2D eigenvalue weighted by molar-refractivity contribution is 5.89. The summed E-state index contributed by atoms with van der Waals surface area (Å²) in [6, 6.07) is 3.66. The van der Waals surface area contributed by atoms with E-state index in [1.165, 1.54) is 34.2 Å². The molecule has 1 heterocycles. The van der Waals surface area contributed by atoms with E-state index in [1.54, 1.807) is 20.1 Å². The molecule has 2 aromatic rings. The fourth-order valence-electron chi connectivity index (χ4n) is 5.87. The number of rotatable bonds is 12. The van der Waals surface area contributed by atoms with Crippen LogP contribution in [-0.2, 0) is 16.0 Å². The van der Waals surface area contributed by atoms with Gasteiger partial charge in [0, 0.05) is 23.1 Å². The summed E-state index contributed by atoms with van der Waals surface area (Å²) in [6.45, 7) is 5.90. The number of carbonyl (C=O) groups is 1. The van der Waals surface area contributed by atoms with Crippen LogP contribution in [0.3, 0.4) is 0 Å². The van der Waals surface area contributed by atoms with Crippen molar-refractivity contribution in [3.05, 3.63) is 23.3 Å². The lowest BCUT2D eigenvalue weighted by Gasteiger charge is -2.41. The summed E-state index contributed by atoms with van der Waals surface area (Å²) in [6.07, 6.45) is 5.99. The van der Waals surface area contributed by atoms with Crippen LogP contribution in [0.4, 0.5) is 0 Å². The molecule has 0 radical (unpaired) electrons. The van der Waals surface area contributed by atoms with Gasteiger partial charge < -0.3 is 38.3 Å². The zero-order valence-electron chi connectivity index (χ0n) is 25.4. The Bertz CT molecular complexity index is 1240. The molecular weight excluding hydrogens is 528 g/mol. The lowest BCUT2D eigenvalue weighted by Crippen LogP contribution is -2.43. The van der Waals surface area contributed by atoms with Gasteiger partial charge in [0.15, 0.2) is 29.1 Å². The highest BCUT2D eigenvalue weighted by atomic mass is 16.7. The van der Waals surface area contributed by atoms with Gasteiger partial charge in [-0.3, -0.25) is 4.79 Å². The summed E-state index contributed by atoms with van der Waals surface area (Å²) < 4.78 is 41.0. The Morgan fingerprint density at radius 2 is 1.61 bits per heavy atom. The fourth-order valence-corrected chi connectivity index (χ4v) is 5.87. The molecule has 1 N–H and O–H groups in total. The van der Waals surface area contributed by atoms with Crippen LogP contribution < -0.4 is 28.4 Å². The molecule has 0 saturated heterocycles. The van der Waals surface area contributed by atoms with Crippen molar-refractivity contribution in [3.63, 3.8) is 0 Å². The number of aliphatic hydroxyl groups is 1. The highest BCUT2D eigenvalue weighted by Gasteiger charge is 2.47. The van der Waals surface area contributed by atoms with E-state index in [0.717, 1.165) is 31.2 Å². The molecule has 1 aliphatic heterocycles. The van der Waals surface area contributed by atoms with E-state index < -0.39 is 11.7 Å². The van der Waals surface area contributed by atoms with E-state index in [0.29, 0.717) is 57.6 Å². The smallest absolute Gasteiger partial charge is 0.306 e. The maximum absolute atomic E-state index is 13.3. The largest absolute Gasteiger partial charge is 0.493 e. The first-order valence-corrected chi connectivity index (χ1v) is 14.5. The number of ether oxygens (including phenoxy) is 7. The van der Waals surface area contributed by atoms with E-state index in [-0.39, 0.29) is 25.1 Å². The predicted molar refractivity (Wildman–Crippen MR) is 155 cm³/mol. The normalized spacial score (nSPS) is 20.8. The zero-order chi connectivity index (χ0) is 29.7. The summed E-state index contributed by atoms with van der Waals surface area (Å²) in [7, 11) is 6.17. The van der Waals surface area contributed by atoms with E-state index in [4.69, 9.17) is 33.2 Å². The second kappa shape index (κ2) is 13.1. The van der Waals surface area contributed by atoms with Crippen molar-refractivity contribution in [2.24, 2.45) is 5.92 Å². The molecule has 226 valence electrons. The summed E-state index contributed by atoms with van der Waals surface area (Å²) in [5, 5.41) is 12.1. The molecule has 0 saturated carbocycles. The molecular formula is C32H44O9. The number of hydrogen-bond acceptors (Lipinski definition) is 9. The van der Waals surface area contributed by atoms with E-state index in [9.17, 15) is 9.90 Å². The van der Waals surface area contributed by atoms with Crippen molar-refractivity contribution in [1.29, 1.82) is 0 Å². The Morgan fingerprint density at radius 3 is 2.27 bits per heavy atom. The SMILES string of the molecule is CCCCCCCCC(=O)O[C@H]1c2cc(OC)c(OC)c(OC)c2-c2c(cc3c(c2OC)OCO3)C[C@H](C)[C@]1(C)O. The Kier molecular flexibility index (Phi) is 9.79. The monoisotopic (exact) mass is 572 g/mol. The number of hydrogen-bond donors (Lipinski definition) is 1. The van der Waals surface area contributed by atoms with Gasteiger partial charge >= 0.3 is 5.97 Å². The van der Waals surface area contributed by atoms with Crippen LogP contribution in [0.5, 0.6) is 34.5 Å². The molecule has 41 heavy (non-hydrogen) atoms. The number of esters is 1. The van der Waals surface area contributed by atoms with Gasteiger partial charge in [-0.2, -0.15) is 0 Å². The molecule has 9 nitrogen and oxygen atoms in total. The minimum atomic E-state index is -1.45. The van der Waals surface area contributed by atoms with Gasteiger partial charge in [0.2, 0.25) is 18.3 Å². The minimum Gasteiger partial charge on any atom is -0.493 e. The first-order chi connectivity index (χ1) is 19.7. The van der Waals surface area contributed by atoms with Crippen LogP contribution in [0.1, 0.15) is 82.9 Å². The lowest BCUT2D eigenvalue weighted by atomic mass is 9.73. The average molecular weight is 573 g/mol. The number of carbonyl (C=O) groups excluding carboxylic acids is 1. The molecule has 2 aliphatic rings. The summed E-state index contributed by atoms with van der Waals surface area (Å²) >= 11 is 0. The molecule has 0 aromatic heterocycles. The van der Waals surface area contributed by atoms with Crippen LogP contribution in [0.25, 0.3) is 11.1 Å². The third-order valence-electron chi connectivity index (χ3n) is 8.34. The standard InChI is InChI=1S/C32H44O9/c1-8-9-10-11-12-13-14-24(33)41-31-21-17-22(35-4)27(36-5)30(38-7)26(21)25-20(15-19(2)32(31,3)34)16-23-28(29(25)37-6)40-18-39-23/h16-17,19,31,34H,8-15,18H2,1-7H3/t19-,31-,32-/m0/s1. The number of benzene rings is 2. The van der Waals surface area contributed by atoms with Crippen LogP contribution in [0.2, 0.25) is 0 Å². The number of fused-ring (bicyclic) bond motifs is 4. The molecule has 4 rings (SSSR count).